The van der Waals surface area contributed by atoms with Gasteiger partial charge in [0.25, 0.3) is 5.91 Å². The highest BCUT2D eigenvalue weighted by atomic mass is 35.5. The Bertz CT molecular complexity index is 464. The van der Waals surface area contributed by atoms with Crippen molar-refractivity contribution in [1.29, 1.82) is 0 Å². The minimum atomic E-state index is -0.345. The highest BCUT2D eigenvalue weighted by molar-refractivity contribution is 6.30. The van der Waals surface area contributed by atoms with Crippen molar-refractivity contribution in [1.82, 2.24) is 14.8 Å². The normalized spacial score (nSPS) is 21.8. The van der Waals surface area contributed by atoms with E-state index in [4.69, 9.17) is 11.6 Å². The van der Waals surface area contributed by atoms with Gasteiger partial charge in [-0.3, -0.25) is 9.69 Å². The summed E-state index contributed by atoms with van der Waals surface area (Å²) < 4.78 is 0. The molecule has 2 heterocycles. The summed E-state index contributed by atoms with van der Waals surface area (Å²) in [5, 5.41) is 9.95. The molecule has 6 heteroatoms. The molecule has 0 unspecified atom stereocenters. The van der Waals surface area contributed by atoms with Gasteiger partial charge in [0, 0.05) is 38.4 Å². The van der Waals surface area contributed by atoms with Crippen molar-refractivity contribution in [3.63, 3.8) is 0 Å². The van der Waals surface area contributed by atoms with Crippen LogP contribution in [-0.2, 0) is 0 Å². The molecule has 1 aliphatic heterocycles. The Morgan fingerprint density at radius 1 is 1.55 bits per heavy atom. The summed E-state index contributed by atoms with van der Waals surface area (Å²) >= 11 is 5.78. The highest BCUT2D eigenvalue weighted by Crippen LogP contribution is 2.14. The van der Waals surface area contributed by atoms with Crippen molar-refractivity contribution >= 4 is 17.5 Å². The van der Waals surface area contributed by atoms with Crippen LogP contribution in [0, 0.1) is 0 Å². The number of hydrogen-bond acceptors (Lipinski definition) is 4. The first-order chi connectivity index (χ1) is 9.47. The molecule has 2 atom stereocenters. The monoisotopic (exact) mass is 297 g/mol. The van der Waals surface area contributed by atoms with Crippen LogP contribution >= 0.6 is 11.6 Å². The lowest BCUT2D eigenvalue weighted by Crippen LogP contribution is -2.55. The zero-order valence-electron chi connectivity index (χ0n) is 11.8. The summed E-state index contributed by atoms with van der Waals surface area (Å²) in [6, 6.07) is 3.43. The smallest absolute Gasteiger partial charge is 0.272 e. The number of aliphatic hydroxyl groups is 1. The third-order valence-corrected chi connectivity index (χ3v) is 3.66. The van der Waals surface area contributed by atoms with Crippen LogP contribution in [0.25, 0.3) is 0 Å². The van der Waals surface area contributed by atoms with E-state index in [1.165, 1.54) is 6.20 Å². The number of aliphatic hydroxyl groups excluding tert-OH is 1. The Hall–Kier alpha value is -1.17. The van der Waals surface area contributed by atoms with Crippen molar-refractivity contribution in [2.45, 2.75) is 26.0 Å². The van der Waals surface area contributed by atoms with Gasteiger partial charge >= 0.3 is 0 Å². The predicted molar refractivity (Wildman–Crippen MR) is 77.9 cm³/mol. The van der Waals surface area contributed by atoms with Crippen molar-refractivity contribution in [3.8, 4) is 0 Å². The van der Waals surface area contributed by atoms with E-state index in [1.54, 1.807) is 19.1 Å². The maximum Gasteiger partial charge on any atom is 0.272 e. The van der Waals surface area contributed by atoms with Gasteiger partial charge in [0.15, 0.2) is 0 Å². The zero-order chi connectivity index (χ0) is 14.7. The number of piperazine rings is 1. The maximum atomic E-state index is 12.4. The lowest BCUT2D eigenvalue weighted by molar-refractivity contribution is 0.0378. The van der Waals surface area contributed by atoms with E-state index < -0.39 is 0 Å². The van der Waals surface area contributed by atoms with Gasteiger partial charge in [-0.15, -0.1) is 0 Å². The van der Waals surface area contributed by atoms with Crippen LogP contribution in [0.15, 0.2) is 18.3 Å². The van der Waals surface area contributed by atoms with Gasteiger partial charge in [0.05, 0.1) is 11.1 Å². The Morgan fingerprint density at radius 2 is 2.30 bits per heavy atom. The molecule has 1 fully saturated rings. The second kappa shape index (κ2) is 6.52. The third-order valence-electron chi connectivity index (χ3n) is 3.44. The lowest BCUT2D eigenvalue weighted by atomic mass is 10.1. The third kappa shape index (κ3) is 3.69. The van der Waals surface area contributed by atoms with E-state index in [1.807, 2.05) is 11.8 Å². The molecule has 0 aromatic carbocycles. The van der Waals surface area contributed by atoms with Gasteiger partial charge in [-0.2, -0.15) is 0 Å². The van der Waals surface area contributed by atoms with Crippen LogP contribution in [0.3, 0.4) is 0 Å². The number of carbonyl (C=O) groups is 1. The second-order valence-electron chi connectivity index (χ2n) is 5.32. The largest absolute Gasteiger partial charge is 0.392 e. The van der Waals surface area contributed by atoms with Gasteiger partial charge in [-0.25, -0.2) is 4.98 Å². The SMILES string of the molecule is C[C@@H](O)CN1CCN(C(=O)c2ccc(Cl)cn2)[C@@H](C)C1. The average Bonchev–Trinajstić information content (AvgIpc) is 2.38. The molecule has 110 valence electrons. The first kappa shape index (κ1) is 15.2. The number of rotatable bonds is 3. The zero-order valence-corrected chi connectivity index (χ0v) is 12.5. The van der Waals surface area contributed by atoms with Gasteiger partial charge in [0.1, 0.15) is 5.69 Å². The Kier molecular flexibility index (Phi) is 4.96. The number of pyridine rings is 1. The summed E-state index contributed by atoms with van der Waals surface area (Å²) in [7, 11) is 0. The fourth-order valence-electron chi connectivity index (χ4n) is 2.52. The van der Waals surface area contributed by atoms with Crippen LogP contribution in [0.5, 0.6) is 0 Å². The van der Waals surface area contributed by atoms with Gasteiger partial charge in [-0.05, 0) is 26.0 Å². The number of aromatic nitrogens is 1. The average molecular weight is 298 g/mol. The first-order valence-electron chi connectivity index (χ1n) is 6.80. The van der Waals surface area contributed by atoms with Crippen LogP contribution < -0.4 is 0 Å². The molecule has 5 nitrogen and oxygen atoms in total. The Labute approximate surface area is 124 Å². The van der Waals surface area contributed by atoms with Crippen LogP contribution in [0.2, 0.25) is 5.02 Å². The predicted octanol–water partition coefficient (Wildman–Crippen LogP) is 1.26. The molecule has 0 saturated carbocycles. The van der Waals surface area contributed by atoms with E-state index in [0.29, 0.717) is 23.8 Å². The molecule has 0 radical (unpaired) electrons. The molecule has 0 bridgehead atoms. The Morgan fingerprint density at radius 3 is 2.85 bits per heavy atom. The van der Waals surface area contributed by atoms with E-state index in [2.05, 4.69) is 9.88 Å². The summed E-state index contributed by atoms with van der Waals surface area (Å²) in [6.45, 7) is 6.63. The lowest BCUT2D eigenvalue weighted by Gasteiger charge is -2.40. The minimum absolute atomic E-state index is 0.0640. The number of carbonyl (C=O) groups excluding carboxylic acids is 1. The number of halogens is 1. The highest BCUT2D eigenvalue weighted by Gasteiger charge is 2.28. The fourth-order valence-corrected chi connectivity index (χ4v) is 2.64. The molecule has 1 aromatic rings. The topological polar surface area (TPSA) is 56.7 Å². The van der Waals surface area contributed by atoms with E-state index in [-0.39, 0.29) is 18.1 Å². The number of hydrogen-bond donors (Lipinski definition) is 1. The van der Waals surface area contributed by atoms with Crippen LogP contribution in [-0.4, -0.2) is 64.1 Å². The summed E-state index contributed by atoms with van der Waals surface area (Å²) in [5.74, 6) is -0.0640. The van der Waals surface area contributed by atoms with Gasteiger partial charge < -0.3 is 10.0 Å². The standard InChI is InChI=1S/C14H20ClN3O2/c1-10-8-17(9-11(2)19)5-6-18(10)14(20)13-4-3-12(15)7-16-13/h3-4,7,10-11,19H,5-6,8-9H2,1-2H3/t10-,11+/m0/s1. The molecule has 1 N–H and O–H groups in total. The maximum absolute atomic E-state index is 12.4. The van der Waals surface area contributed by atoms with Crippen molar-refractivity contribution < 1.29 is 9.90 Å². The molecule has 2 rings (SSSR count). The van der Waals surface area contributed by atoms with Crippen molar-refractivity contribution in [2.75, 3.05) is 26.2 Å². The molecule has 1 amide bonds. The van der Waals surface area contributed by atoms with E-state index in [9.17, 15) is 9.90 Å². The molecular weight excluding hydrogens is 278 g/mol. The van der Waals surface area contributed by atoms with E-state index >= 15 is 0 Å². The number of β-amino-alcohol motifs (C(OH)–C–C–N with tert-alkyl or cyclic N) is 1. The second-order valence-corrected chi connectivity index (χ2v) is 5.75. The molecule has 0 aliphatic carbocycles. The fraction of sp³-hybridized carbons (Fsp3) is 0.571. The van der Waals surface area contributed by atoms with Crippen molar-refractivity contribution in [3.05, 3.63) is 29.0 Å². The number of amides is 1. The quantitative estimate of drug-likeness (QED) is 0.913. The molecule has 1 saturated heterocycles. The molecule has 1 aromatic heterocycles. The van der Waals surface area contributed by atoms with Gasteiger partial charge in [0.2, 0.25) is 0 Å². The van der Waals surface area contributed by atoms with Crippen LogP contribution in [0.4, 0.5) is 0 Å². The summed E-state index contributed by atoms with van der Waals surface area (Å²) in [6.07, 6.45) is 1.14. The molecule has 20 heavy (non-hydrogen) atoms. The summed E-state index contributed by atoms with van der Waals surface area (Å²) in [4.78, 5) is 20.5. The molecule has 1 aliphatic rings. The van der Waals surface area contributed by atoms with E-state index in [0.717, 1.165) is 13.1 Å². The molecule has 0 spiro atoms. The van der Waals surface area contributed by atoms with Crippen LogP contribution in [0.1, 0.15) is 24.3 Å². The molecular formula is C14H20ClN3O2. The first-order valence-corrected chi connectivity index (χ1v) is 7.18. The van der Waals surface area contributed by atoms with Crippen molar-refractivity contribution in [2.24, 2.45) is 0 Å². The Balaban J connectivity index is 2.00. The number of nitrogens with zero attached hydrogens (tertiary/aromatic N) is 3. The summed E-state index contributed by atoms with van der Waals surface area (Å²) in [5.41, 5.74) is 0.422. The van der Waals surface area contributed by atoms with Gasteiger partial charge in [-0.1, -0.05) is 11.6 Å². The minimum Gasteiger partial charge on any atom is -0.392 e.